The van der Waals surface area contributed by atoms with Crippen molar-refractivity contribution in [1.82, 2.24) is 0 Å². The van der Waals surface area contributed by atoms with Gasteiger partial charge in [0.05, 0.1) is 5.92 Å². The molecule has 0 saturated heterocycles. The van der Waals surface area contributed by atoms with E-state index in [1.54, 1.807) is 42.5 Å². The molecule has 3 atom stereocenters. The second-order valence-corrected chi connectivity index (χ2v) is 10.4. The van der Waals surface area contributed by atoms with Crippen LogP contribution in [0.5, 0.6) is 0 Å². The highest BCUT2D eigenvalue weighted by atomic mass is 19.1. The first-order valence-electron chi connectivity index (χ1n) is 13.2. The molecule has 0 N–H and O–H groups in total. The van der Waals surface area contributed by atoms with Gasteiger partial charge in [0.25, 0.3) is 0 Å². The largest absolute Gasteiger partial charge is 0.299 e. The lowest BCUT2D eigenvalue weighted by molar-refractivity contribution is -0.135. The molecule has 1 spiro atoms. The molecule has 2 aliphatic carbocycles. The lowest BCUT2D eigenvalue weighted by Gasteiger charge is -2.47. The van der Waals surface area contributed by atoms with Crippen molar-refractivity contribution in [1.29, 1.82) is 0 Å². The van der Waals surface area contributed by atoms with Crippen molar-refractivity contribution in [2.45, 2.75) is 18.3 Å². The van der Waals surface area contributed by atoms with Crippen molar-refractivity contribution in [3.05, 3.63) is 149 Å². The average molecular weight is 529 g/mol. The first-order valence-corrected chi connectivity index (χ1v) is 13.2. The van der Waals surface area contributed by atoms with Gasteiger partial charge in [-0.15, -0.1) is 0 Å². The monoisotopic (exact) mass is 528 g/mol. The minimum atomic E-state index is -1.75. The van der Waals surface area contributed by atoms with Gasteiger partial charge >= 0.3 is 0 Å². The molecule has 0 radical (unpaired) electrons. The lowest BCUT2D eigenvalue weighted by atomic mass is 9.50. The number of benzene rings is 4. The van der Waals surface area contributed by atoms with Crippen LogP contribution >= 0.6 is 0 Å². The molecular weight excluding hydrogens is 503 g/mol. The SMILES string of the molecule is O=C(/C=C/c1ccccc1)C1C(=O)CC(c2ccccc2)C2(C(=O)c3ccccc3C2=O)C1c1ccc(F)cc1. The zero-order valence-electron chi connectivity index (χ0n) is 21.5. The first-order chi connectivity index (χ1) is 19.4. The Hall–Kier alpha value is -4.77. The smallest absolute Gasteiger partial charge is 0.178 e. The Labute approximate surface area is 231 Å². The Morgan fingerprint density at radius 3 is 1.85 bits per heavy atom. The van der Waals surface area contributed by atoms with Crippen LogP contribution in [0.15, 0.2) is 115 Å². The molecule has 40 heavy (non-hydrogen) atoms. The van der Waals surface area contributed by atoms with E-state index in [1.807, 2.05) is 48.5 Å². The third kappa shape index (κ3) is 3.97. The Balaban J connectivity index is 1.59. The lowest BCUT2D eigenvalue weighted by Crippen LogP contribution is -2.55. The number of fused-ring (bicyclic) bond motifs is 1. The molecule has 1 saturated carbocycles. The summed E-state index contributed by atoms with van der Waals surface area (Å²) in [5.74, 6) is -5.39. The number of carbonyl (C=O) groups excluding carboxylic acids is 4. The van der Waals surface area contributed by atoms with Gasteiger partial charge in [-0.2, -0.15) is 0 Å². The van der Waals surface area contributed by atoms with E-state index in [1.165, 1.54) is 30.3 Å². The summed E-state index contributed by atoms with van der Waals surface area (Å²) in [4.78, 5) is 56.9. The van der Waals surface area contributed by atoms with E-state index in [2.05, 4.69) is 0 Å². The minimum absolute atomic E-state index is 0.150. The van der Waals surface area contributed by atoms with Crippen LogP contribution in [0.2, 0.25) is 0 Å². The summed E-state index contributed by atoms with van der Waals surface area (Å²) in [6.45, 7) is 0. The van der Waals surface area contributed by atoms with Crippen LogP contribution in [-0.2, 0) is 9.59 Å². The molecule has 4 aromatic rings. The Morgan fingerprint density at radius 1 is 0.700 bits per heavy atom. The highest BCUT2D eigenvalue weighted by Crippen LogP contribution is 2.61. The summed E-state index contributed by atoms with van der Waals surface area (Å²) in [7, 11) is 0. The molecule has 0 bridgehead atoms. The Bertz CT molecular complexity index is 1620. The molecule has 4 aromatic carbocycles. The van der Waals surface area contributed by atoms with Crippen LogP contribution in [0.4, 0.5) is 4.39 Å². The van der Waals surface area contributed by atoms with Crippen LogP contribution in [0.1, 0.15) is 55.7 Å². The minimum Gasteiger partial charge on any atom is -0.299 e. The summed E-state index contributed by atoms with van der Waals surface area (Å²) < 4.78 is 14.1. The van der Waals surface area contributed by atoms with Crippen molar-refractivity contribution >= 4 is 29.2 Å². The van der Waals surface area contributed by atoms with Gasteiger partial charge in [-0.1, -0.05) is 103 Å². The van der Waals surface area contributed by atoms with E-state index >= 15 is 0 Å². The second-order valence-electron chi connectivity index (χ2n) is 10.4. The molecular formula is C35H25FO4. The van der Waals surface area contributed by atoms with Gasteiger partial charge < -0.3 is 0 Å². The number of ketones is 4. The predicted octanol–water partition coefficient (Wildman–Crippen LogP) is 6.63. The van der Waals surface area contributed by atoms with E-state index in [9.17, 15) is 23.6 Å². The van der Waals surface area contributed by atoms with E-state index in [0.29, 0.717) is 11.1 Å². The van der Waals surface area contributed by atoms with Gasteiger partial charge in [0, 0.05) is 29.4 Å². The van der Waals surface area contributed by atoms with Crippen LogP contribution in [-0.4, -0.2) is 23.1 Å². The number of carbonyl (C=O) groups is 4. The topological polar surface area (TPSA) is 68.3 Å². The third-order valence-corrected chi connectivity index (χ3v) is 8.27. The van der Waals surface area contributed by atoms with Crippen molar-refractivity contribution in [3.63, 3.8) is 0 Å². The zero-order valence-corrected chi connectivity index (χ0v) is 21.5. The standard InChI is InChI=1S/C35H25FO4/c36-25-18-16-24(17-19-25)32-31(29(37)20-15-22-9-3-1-4-10-22)30(38)21-28(23-11-5-2-6-12-23)35(32)33(39)26-13-7-8-14-27(26)34(35)40/h1-20,28,31-32H,21H2/b20-15+. The number of Topliss-reactive ketones (excluding diaryl/α,β-unsaturated/α-hetero) is 3. The van der Waals surface area contributed by atoms with Crippen LogP contribution in [0, 0.1) is 17.2 Å². The van der Waals surface area contributed by atoms with Gasteiger partial charge in [0.1, 0.15) is 17.0 Å². The van der Waals surface area contributed by atoms with Gasteiger partial charge in [-0.25, -0.2) is 4.39 Å². The first kappa shape index (κ1) is 25.5. The molecule has 5 heteroatoms. The Kier molecular flexibility index (Phi) is 6.43. The fraction of sp³-hybridized carbons (Fsp3) is 0.143. The van der Waals surface area contributed by atoms with Gasteiger partial charge in [0.15, 0.2) is 17.3 Å². The summed E-state index contributed by atoms with van der Waals surface area (Å²) in [5.41, 5.74) is 0.647. The summed E-state index contributed by atoms with van der Waals surface area (Å²) >= 11 is 0. The summed E-state index contributed by atoms with van der Waals surface area (Å²) in [6, 6.07) is 30.3. The highest BCUT2D eigenvalue weighted by molar-refractivity contribution is 6.32. The maximum Gasteiger partial charge on any atom is 0.178 e. The normalized spacial score (nSPS) is 21.6. The molecule has 196 valence electrons. The van der Waals surface area contributed by atoms with E-state index in [0.717, 1.165) is 5.56 Å². The maximum atomic E-state index is 14.5. The Morgan fingerprint density at radius 2 is 1.25 bits per heavy atom. The fourth-order valence-corrected chi connectivity index (χ4v) is 6.54. The fourth-order valence-electron chi connectivity index (χ4n) is 6.54. The maximum absolute atomic E-state index is 14.5. The number of hydrogen-bond acceptors (Lipinski definition) is 4. The molecule has 2 aliphatic rings. The van der Waals surface area contributed by atoms with Gasteiger partial charge in [0.2, 0.25) is 0 Å². The summed E-state index contributed by atoms with van der Waals surface area (Å²) in [5, 5.41) is 0. The molecule has 4 nitrogen and oxygen atoms in total. The van der Waals surface area contributed by atoms with Crippen molar-refractivity contribution in [3.8, 4) is 0 Å². The second kappa shape index (κ2) is 10.1. The third-order valence-electron chi connectivity index (χ3n) is 8.27. The highest BCUT2D eigenvalue weighted by Gasteiger charge is 2.67. The average Bonchev–Trinajstić information content (AvgIpc) is 3.21. The van der Waals surface area contributed by atoms with Crippen LogP contribution < -0.4 is 0 Å². The number of allylic oxidation sites excluding steroid dienone is 1. The zero-order chi connectivity index (χ0) is 27.9. The molecule has 3 unspecified atom stereocenters. The quantitative estimate of drug-likeness (QED) is 0.215. The van der Waals surface area contributed by atoms with Crippen LogP contribution in [0.3, 0.4) is 0 Å². The molecule has 0 heterocycles. The van der Waals surface area contributed by atoms with Gasteiger partial charge in [-0.3, -0.25) is 19.2 Å². The van der Waals surface area contributed by atoms with E-state index in [4.69, 9.17) is 0 Å². The number of rotatable bonds is 5. The van der Waals surface area contributed by atoms with Crippen molar-refractivity contribution in [2.75, 3.05) is 0 Å². The molecule has 6 rings (SSSR count). The molecule has 0 aliphatic heterocycles. The van der Waals surface area contributed by atoms with Crippen LogP contribution in [0.25, 0.3) is 6.08 Å². The van der Waals surface area contributed by atoms with E-state index < -0.39 is 46.3 Å². The number of halogens is 1. The van der Waals surface area contributed by atoms with E-state index in [-0.39, 0.29) is 23.3 Å². The van der Waals surface area contributed by atoms with Crippen molar-refractivity contribution < 1.29 is 23.6 Å². The predicted molar refractivity (Wildman–Crippen MR) is 149 cm³/mol. The molecule has 0 aromatic heterocycles. The number of hydrogen-bond donors (Lipinski definition) is 0. The molecule has 1 fully saturated rings. The van der Waals surface area contributed by atoms with Gasteiger partial charge in [-0.05, 0) is 34.9 Å². The summed E-state index contributed by atoms with van der Waals surface area (Å²) in [6.07, 6.45) is 2.82. The molecule has 0 amide bonds. The van der Waals surface area contributed by atoms with Crippen molar-refractivity contribution in [2.24, 2.45) is 11.3 Å².